The average Bonchev–Trinajstić information content (AvgIpc) is 3.28. The van der Waals surface area contributed by atoms with Crippen molar-refractivity contribution < 1.29 is 14.2 Å². The van der Waals surface area contributed by atoms with Crippen LogP contribution in [0.3, 0.4) is 0 Å². The monoisotopic (exact) mass is 481 g/mol. The quantitative estimate of drug-likeness (QED) is 0.351. The molecule has 0 radical (unpaired) electrons. The van der Waals surface area contributed by atoms with Crippen LogP contribution in [0.4, 0.5) is 0 Å². The number of ether oxygens (including phenoxy) is 3. The molecule has 7 nitrogen and oxygen atoms in total. The van der Waals surface area contributed by atoms with E-state index in [4.69, 9.17) is 26.4 Å². The van der Waals surface area contributed by atoms with E-state index in [1.54, 1.807) is 0 Å². The summed E-state index contributed by atoms with van der Waals surface area (Å²) >= 11 is 5.73. The maximum Gasteiger partial charge on any atom is 0.253 e. The average molecular weight is 482 g/mol. The highest BCUT2D eigenvalue weighted by atomic mass is 32.1. The Bertz CT molecular complexity index is 1240. The van der Waals surface area contributed by atoms with Crippen molar-refractivity contribution in [1.82, 2.24) is 15.2 Å². The van der Waals surface area contributed by atoms with Crippen LogP contribution in [0.5, 0.6) is 11.5 Å². The van der Waals surface area contributed by atoms with E-state index >= 15 is 0 Å². The number of hydrogen-bond donors (Lipinski definition) is 2. The third-order valence-corrected chi connectivity index (χ3v) is 6.34. The van der Waals surface area contributed by atoms with Crippen molar-refractivity contribution in [3.8, 4) is 11.5 Å². The molecule has 1 aromatic heterocycles. The number of benzene rings is 2. The largest absolute Gasteiger partial charge is 0.454 e. The molecule has 0 unspecified atom stereocenters. The first-order valence-electron chi connectivity index (χ1n) is 11.6. The Kier molecular flexibility index (Phi) is 7.70. The highest BCUT2D eigenvalue weighted by Gasteiger charge is 2.18. The molecule has 1 aliphatic heterocycles. The third-order valence-electron chi connectivity index (χ3n) is 5.94. The lowest BCUT2D eigenvalue weighted by molar-refractivity contribution is 0.145. The van der Waals surface area contributed by atoms with Gasteiger partial charge in [-0.15, -0.1) is 0 Å². The fourth-order valence-electron chi connectivity index (χ4n) is 3.93. The molecule has 2 N–H and O–H groups in total. The van der Waals surface area contributed by atoms with E-state index in [0.29, 0.717) is 43.5 Å². The lowest BCUT2D eigenvalue weighted by Gasteiger charge is -2.26. The van der Waals surface area contributed by atoms with E-state index in [9.17, 15) is 4.79 Å². The zero-order valence-electron chi connectivity index (χ0n) is 19.9. The van der Waals surface area contributed by atoms with Crippen molar-refractivity contribution in [2.75, 3.05) is 26.6 Å². The van der Waals surface area contributed by atoms with E-state index in [0.717, 1.165) is 39.9 Å². The minimum Gasteiger partial charge on any atom is -0.454 e. The fraction of sp³-hybridized carbons (Fsp3) is 0.385. The van der Waals surface area contributed by atoms with Gasteiger partial charge >= 0.3 is 0 Å². The van der Waals surface area contributed by atoms with Crippen LogP contribution in [-0.2, 0) is 17.8 Å². The van der Waals surface area contributed by atoms with Gasteiger partial charge in [-0.25, -0.2) is 0 Å². The van der Waals surface area contributed by atoms with E-state index in [1.165, 1.54) is 5.56 Å². The molecule has 4 rings (SSSR count). The van der Waals surface area contributed by atoms with Crippen LogP contribution in [0.15, 0.2) is 41.2 Å². The van der Waals surface area contributed by atoms with Crippen LogP contribution >= 0.6 is 12.2 Å². The smallest absolute Gasteiger partial charge is 0.253 e. The molecule has 0 saturated heterocycles. The second-order valence-electron chi connectivity index (χ2n) is 8.47. The van der Waals surface area contributed by atoms with Crippen LogP contribution in [-0.4, -0.2) is 41.5 Å². The Labute approximate surface area is 205 Å². The van der Waals surface area contributed by atoms with E-state index in [-0.39, 0.29) is 12.4 Å². The Hall–Kier alpha value is -3.10. The lowest BCUT2D eigenvalue weighted by atomic mass is 10.0. The van der Waals surface area contributed by atoms with Crippen LogP contribution < -0.4 is 20.3 Å². The van der Waals surface area contributed by atoms with Gasteiger partial charge in [0.05, 0.1) is 6.54 Å². The number of aromatic amines is 1. The normalized spacial score (nSPS) is 12.2. The second-order valence-corrected chi connectivity index (χ2v) is 8.86. The van der Waals surface area contributed by atoms with Crippen LogP contribution in [0, 0.1) is 13.8 Å². The number of aromatic nitrogens is 1. The number of nitrogens with one attached hydrogen (secondary N) is 2. The molecule has 0 fully saturated rings. The standard InChI is InChI=1S/C26H31N3O4S/c1-4-31-9-5-8-27-26(34)29(14-19-6-7-23-24(12-19)33-16-32-23)15-21-13-20-10-17(2)18(3)11-22(20)28-25(21)30/h6-7,10-13H,4-5,8-9,14-16H2,1-3H3,(H,27,34)(H,28,30). The molecule has 0 spiro atoms. The molecular weight excluding hydrogens is 450 g/mol. The Morgan fingerprint density at radius 2 is 1.91 bits per heavy atom. The SMILES string of the molecule is CCOCCCNC(=S)N(Cc1ccc2c(c1)OCO2)Cc1cc2cc(C)c(C)cc2[nH]c1=O. The van der Waals surface area contributed by atoms with Gasteiger partial charge in [0.15, 0.2) is 16.6 Å². The molecule has 1 aliphatic rings. The molecule has 2 heterocycles. The van der Waals surface area contributed by atoms with E-state index in [1.807, 2.05) is 49.1 Å². The van der Waals surface area contributed by atoms with Gasteiger partial charge in [-0.2, -0.15) is 0 Å². The minimum atomic E-state index is -0.106. The summed E-state index contributed by atoms with van der Waals surface area (Å²) in [7, 11) is 0. The molecule has 180 valence electrons. The van der Waals surface area contributed by atoms with Gasteiger partial charge < -0.3 is 29.4 Å². The Morgan fingerprint density at radius 3 is 2.74 bits per heavy atom. The molecule has 0 aliphatic carbocycles. The predicted molar refractivity (Wildman–Crippen MR) is 138 cm³/mol. The zero-order chi connectivity index (χ0) is 24.1. The number of thiocarbonyl (C=S) groups is 1. The van der Waals surface area contributed by atoms with Crippen molar-refractivity contribution in [2.45, 2.75) is 40.3 Å². The summed E-state index contributed by atoms with van der Waals surface area (Å²) < 4.78 is 16.4. The molecule has 2 aromatic carbocycles. The zero-order valence-corrected chi connectivity index (χ0v) is 20.7. The van der Waals surface area contributed by atoms with Crippen molar-refractivity contribution in [3.05, 3.63) is 69.0 Å². The number of aryl methyl sites for hydroxylation is 2. The molecule has 0 amide bonds. The molecule has 3 aromatic rings. The summed E-state index contributed by atoms with van der Waals surface area (Å²) in [6, 6.07) is 12.0. The Balaban J connectivity index is 1.57. The number of pyridine rings is 1. The number of rotatable bonds is 9. The minimum absolute atomic E-state index is 0.106. The first-order chi connectivity index (χ1) is 16.4. The number of nitrogens with zero attached hydrogens (tertiary/aromatic N) is 1. The lowest BCUT2D eigenvalue weighted by Crippen LogP contribution is -2.40. The number of fused-ring (bicyclic) bond motifs is 2. The number of hydrogen-bond acceptors (Lipinski definition) is 5. The highest BCUT2D eigenvalue weighted by Crippen LogP contribution is 2.33. The molecule has 0 saturated carbocycles. The summed E-state index contributed by atoms with van der Waals surface area (Å²) in [6.45, 7) is 9.31. The van der Waals surface area contributed by atoms with E-state index < -0.39 is 0 Å². The van der Waals surface area contributed by atoms with Crippen molar-refractivity contribution in [1.29, 1.82) is 0 Å². The first-order valence-corrected chi connectivity index (χ1v) is 12.0. The van der Waals surface area contributed by atoms with Gasteiger partial charge in [-0.1, -0.05) is 6.07 Å². The highest BCUT2D eigenvalue weighted by molar-refractivity contribution is 7.80. The summed E-state index contributed by atoms with van der Waals surface area (Å²) in [5, 5.41) is 4.92. The van der Waals surface area contributed by atoms with Gasteiger partial charge in [0.25, 0.3) is 5.56 Å². The van der Waals surface area contributed by atoms with Gasteiger partial charge in [0, 0.05) is 37.4 Å². The summed E-state index contributed by atoms with van der Waals surface area (Å²) in [5.74, 6) is 1.46. The predicted octanol–water partition coefficient (Wildman–Crippen LogP) is 4.18. The fourth-order valence-corrected chi connectivity index (χ4v) is 4.16. The van der Waals surface area contributed by atoms with Crippen LogP contribution in [0.1, 0.15) is 35.6 Å². The van der Waals surface area contributed by atoms with Gasteiger partial charge in [0.1, 0.15) is 0 Å². The third kappa shape index (κ3) is 5.69. The topological polar surface area (TPSA) is 75.8 Å². The Morgan fingerprint density at radius 1 is 1.12 bits per heavy atom. The molecule has 34 heavy (non-hydrogen) atoms. The maximum atomic E-state index is 12.9. The molecule has 0 atom stereocenters. The summed E-state index contributed by atoms with van der Waals surface area (Å²) in [6.07, 6.45) is 0.848. The second kappa shape index (κ2) is 10.9. The van der Waals surface area contributed by atoms with E-state index in [2.05, 4.69) is 23.3 Å². The molecular formula is C26H31N3O4S. The van der Waals surface area contributed by atoms with Crippen molar-refractivity contribution in [2.24, 2.45) is 0 Å². The van der Waals surface area contributed by atoms with Crippen LogP contribution in [0.2, 0.25) is 0 Å². The first kappa shape index (κ1) is 24.0. The summed E-state index contributed by atoms with van der Waals surface area (Å²) in [4.78, 5) is 18.0. The van der Waals surface area contributed by atoms with Gasteiger partial charge in [-0.3, -0.25) is 4.79 Å². The molecule has 0 bridgehead atoms. The number of H-pyrrole nitrogens is 1. The van der Waals surface area contributed by atoms with Crippen molar-refractivity contribution >= 4 is 28.2 Å². The molecule has 8 heteroatoms. The van der Waals surface area contributed by atoms with Gasteiger partial charge in [-0.05, 0) is 91.8 Å². The van der Waals surface area contributed by atoms with Crippen molar-refractivity contribution in [3.63, 3.8) is 0 Å². The summed E-state index contributed by atoms with van der Waals surface area (Å²) in [5.41, 5.74) is 4.76. The van der Waals surface area contributed by atoms with Gasteiger partial charge in [0.2, 0.25) is 6.79 Å². The van der Waals surface area contributed by atoms with Crippen LogP contribution in [0.25, 0.3) is 10.9 Å². The maximum absolute atomic E-state index is 12.9.